The van der Waals surface area contributed by atoms with Gasteiger partial charge in [-0.15, -0.1) is 0 Å². The van der Waals surface area contributed by atoms with Gasteiger partial charge in [0, 0.05) is 13.6 Å². The van der Waals surface area contributed by atoms with E-state index in [0.717, 1.165) is 41.8 Å². The third-order valence-corrected chi connectivity index (χ3v) is 4.13. The van der Waals surface area contributed by atoms with Gasteiger partial charge in [0.05, 0.1) is 28.6 Å². The van der Waals surface area contributed by atoms with Gasteiger partial charge in [0.1, 0.15) is 0 Å². The molecule has 0 aliphatic carbocycles. The second-order valence-electron chi connectivity index (χ2n) is 4.46. The Morgan fingerprint density at radius 2 is 2.41 bits per heavy atom. The summed E-state index contributed by atoms with van der Waals surface area (Å²) in [4.78, 5) is 0. The van der Waals surface area contributed by atoms with Gasteiger partial charge in [-0.25, -0.2) is 0 Å². The van der Waals surface area contributed by atoms with Gasteiger partial charge in [-0.2, -0.15) is 5.10 Å². The van der Waals surface area contributed by atoms with Gasteiger partial charge in [0.15, 0.2) is 0 Å². The Kier molecular flexibility index (Phi) is 4.59. The summed E-state index contributed by atoms with van der Waals surface area (Å²) in [5.74, 6) is 0. The number of ether oxygens (including phenoxy) is 1. The predicted octanol–water partition coefficient (Wildman–Crippen LogP) is 2.01. The van der Waals surface area contributed by atoms with Crippen molar-refractivity contribution in [2.45, 2.75) is 38.9 Å². The molecule has 0 spiro atoms. The molecule has 2 heterocycles. The second-order valence-corrected chi connectivity index (χ2v) is 5.26. The molecule has 96 valence electrons. The van der Waals surface area contributed by atoms with Crippen LogP contribution in [0.2, 0.25) is 0 Å². The molecule has 0 saturated carbocycles. The molecule has 1 atom stereocenters. The lowest BCUT2D eigenvalue weighted by Gasteiger charge is -2.23. The zero-order valence-electron chi connectivity index (χ0n) is 10.5. The van der Waals surface area contributed by atoms with Crippen molar-refractivity contribution >= 4 is 15.9 Å². The average molecular weight is 302 g/mol. The Labute approximate surface area is 111 Å². The Bertz CT molecular complexity index is 372. The number of aryl methyl sites for hydroxylation is 2. The summed E-state index contributed by atoms with van der Waals surface area (Å²) < 4.78 is 8.95. The third kappa shape index (κ3) is 3.09. The van der Waals surface area contributed by atoms with Gasteiger partial charge in [0.2, 0.25) is 0 Å². The lowest BCUT2D eigenvalue weighted by atomic mass is 10.1. The van der Waals surface area contributed by atoms with Crippen LogP contribution in [0.1, 0.15) is 31.2 Å². The molecule has 1 aliphatic rings. The molecule has 1 aromatic rings. The number of hydrogen-bond acceptors (Lipinski definition) is 3. The highest BCUT2D eigenvalue weighted by Gasteiger charge is 2.17. The van der Waals surface area contributed by atoms with E-state index in [1.54, 1.807) is 0 Å². The van der Waals surface area contributed by atoms with Crippen LogP contribution in [0.3, 0.4) is 0 Å². The van der Waals surface area contributed by atoms with Crippen molar-refractivity contribution in [3.8, 4) is 0 Å². The average Bonchev–Trinajstić information content (AvgIpc) is 2.63. The quantitative estimate of drug-likeness (QED) is 0.925. The van der Waals surface area contributed by atoms with E-state index in [9.17, 15) is 0 Å². The SMILES string of the molecule is CCc1nn(C)c(CO[C@H]2CCCNC2)c1Br. The van der Waals surface area contributed by atoms with Crippen molar-refractivity contribution in [1.82, 2.24) is 15.1 Å². The summed E-state index contributed by atoms with van der Waals surface area (Å²) in [5.41, 5.74) is 2.24. The largest absolute Gasteiger partial charge is 0.371 e. The van der Waals surface area contributed by atoms with Crippen molar-refractivity contribution in [2.75, 3.05) is 13.1 Å². The second kappa shape index (κ2) is 5.98. The summed E-state index contributed by atoms with van der Waals surface area (Å²) >= 11 is 3.61. The molecule has 5 heteroatoms. The lowest BCUT2D eigenvalue weighted by molar-refractivity contribution is 0.0219. The molecule has 1 N–H and O–H groups in total. The van der Waals surface area contributed by atoms with Crippen molar-refractivity contribution < 1.29 is 4.74 Å². The maximum atomic E-state index is 5.94. The zero-order chi connectivity index (χ0) is 12.3. The number of hydrogen-bond donors (Lipinski definition) is 1. The molecule has 17 heavy (non-hydrogen) atoms. The van der Waals surface area contributed by atoms with E-state index < -0.39 is 0 Å². The maximum Gasteiger partial charge on any atom is 0.0900 e. The standard InChI is InChI=1S/C12H20BrN3O/c1-3-10-12(13)11(16(2)15-10)8-17-9-5-4-6-14-7-9/h9,14H,3-8H2,1-2H3/t9-/m0/s1. The van der Waals surface area contributed by atoms with E-state index in [1.165, 1.54) is 6.42 Å². The summed E-state index contributed by atoms with van der Waals surface area (Å²) in [6, 6.07) is 0. The number of aromatic nitrogens is 2. The van der Waals surface area contributed by atoms with Crippen LogP contribution in [0.5, 0.6) is 0 Å². The fraction of sp³-hybridized carbons (Fsp3) is 0.750. The number of nitrogens with one attached hydrogen (secondary N) is 1. The molecule has 1 saturated heterocycles. The first-order chi connectivity index (χ1) is 8.22. The van der Waals surface area contributed by atoms with Crippen LogP contribution in [-0.2, 0) is 24.8 Å². The van der Waals surface area contributed by atoms with Crippen LogP contribution in [0.4, 0.5) is 0 Å². The van der Waals surface area contributed by atoms with Crippen molar-refractivity contribution in [1.29, 1.82) is 0 Å². The Morgan fingerprint density at radius 1 is 1.59 bits per heavy atom. The fourth-order valence-corrected chi connectivity index (χ4v) is 2.87. The minimum Gasteiger partial charge on any atom is -0.371 e. The predicted molar refractivity (Wildman–Crippen MR) is 71.0 cm³/mol. The van der Waals surface area contributed by atoms with Crippen LogP contribution in [0.15, 0.2) is 4.47 Å². The zero-order valence-corrected chi connectivity index (χ0v) is 12.1. The van der Waals surface area contributed by atoms with Crippen LogP contribution in [0, 0.1) is 0 Å². The van der Waals surface area contributed by atoms with E-state index in [1.807, 2.05) is 11.7 Å². The highest BCUT2D eigenvalue weighted by Crippen LogP contribution is 2.23. The monoisotopic (exact) mass is 301 g/mol. The minimum atomic E-state index is 0.343. The first-order valence-corrected chi connectivity index (χ1v) is 7.04. The first kappa shape index (κ1) is 13.1. The van der Waals surface area contributed by atoms with Gasteiger partial charge in [-0.3, -0.25) is 4.68 Å². The van der Waals surface area contributed by atoms with E-state index in [0.29, 0.717) is 12.7 Å². The summed E-state index contributed by atoms with van der Waals surface area (Å²) in [6.45, 7) is 4.84. The summed E-state index contributed by atoms with van der Waals surface area (Å²) in [7, 11) is 1.97. The Morgan fingerprint density at radius 3 is 3.00 bits per heavy atom. The maximum absolute atomic E-state index is 5.94. The highest BCUT2D eigenvalue weighted by atomic mass is 79.9. The minimum absolute atomic E-state index is 0.343. The number of nitrogens with zero attached hydrogens (tertiary/aromatic N) is 2. The van der Waals surface area contributed by atoms with Gasteiger partial charge in [-0.1, -0.05) is 6.92 Å². The van der Waals surface area contributed by atoms with Crippen LogP contribution in [-0.4, -0.2) is 29.0 Å². The molecule has 1 aromatic heterocycles. The molecule has 0 aromatic carbocycles. The number of rotatable bonds is 4. The fourth-order valence-electron chi connectivity index (χ4n) is 2.14. The summed E-state index contributed by atoms with van der Waals surface area (Å²) in [5, 5.41) is 7.82. The third-order valence-electron chi connectivity index (χ3n) is 3.21. The number of halogens is 1. The summed E-state index contributed by atoms with van der Waals surface area (Å²) in [6.07, 6.45) is 3.65. The highest BCUT2D eigenvalue weighted by molar-refractivity contribution is 9.10. The molecule has 4 nitrogen and oxygen atoms in total. The van der Waals surface area contributed by atoms with Gasteiger partial charge >= 0.3 is 0 Å². The molecular weight excluding hydrogens is 282 g/mol. The first-order valence-electron chi connectivity index (χ1n) is 6.25. The molecule has 1 aliphatic heterocycles. The van der Waals surface area contributed by atoms with E-state index >= 15 is 0 Å². The molecule has 0 unspecified atom stereocenters. The smallest absolute Gasteiger partial charge is 0.0900 e. The molecule has 2 rings (SSSR count). The molecular formula is C12H20BrN3O. The number of piperidine rings is 1. The van der Waals surface area contributed by atoms with Gasteiger partial charge in [0.25, 0.3) is 0 Å². The molecule has 0 radical (unpaired) electrons. The molecule has 0 amide bonds. The molecule has 1 fully saturated rings. The Hall–Kier alpha value is -0.390. The van der Waals surface area contributed by atoms with E-state index in [4.69, 9.17) is 4.74 Å². The van der Waals surface area contributed by atoms with Crippen LogP contribution >= 0.6 is 15.9 Å². The van der Waals surface area contributed by atoms with E-state index in [-0.39, 0.29) is 0 Å². The van der Waals surface area contributed by atoms with Crippen LogP contribution in [0.25, 0.3) is 0 Å². The molecule has 0 bridgehead atoms. The van der Waals surface area contributed by atoms with Gasteiger partial charge < -0.3 is 10.1 Å². The van der Waals surface area contributed by atoms with Crippen molar-refractivity contribution in [3.05, 3.63) is 15.9 Å². The lowest BCUT2D eigenvalue weighted by Crippen LogP contribution is -2.35. The van der Waals surface area contributed by atoms with E-state index in [2.05, 4.69) is 33.3 Å². The van der Waals surface area contributed by atoms with Crippen molar-refractivity contribution in [3.63, 3.8) is 0 Å². The van der Waals surface area contributed by atoms with Crippen LogP contribution < -0.4 is 5.32 Å². The topological polar surface area (TPSA) is 39.1 Å². The Balaban J connectivity index is 1.95. The normalized spacial score (nSPS) is 20.8. The van der Waals surface area contributed by atoms with Gasteiger partial charge in [-0.05, 0) is 41.7 Å². The van der Waals surface area contributed by atoms with Crippen molar-refractivity contribution in [2.24, 2.45) is 7.05 Å².